The van der Waals surface area contributed by atoms with Crippen molar-refractivity contribution in [2.45, 2.75) is 24.5 Å². The van der Waals surface area contributed by atoms with Gasteiger partial charge in [-0.3, -0.25) is 14.5 Å². The summed E-state index contributed by atoms with van der Waals surface area (Å²) in [5, 5.41) is 0. The number of carbonyl (C=O) groups excluding carboxylic acids is 2. The molecule has 1 aromatic carbocycles. The van der Waals surface area contributed by atoms with E-state index in [1.807, 2.05) is 36.4 Å². The van der Waals surface area contributed by atoms with Crippen molar-refractivity contribution in [2.24, 2.45) is 11.8 Å². The molecule has 0 saturated carbocycles. The van der Waals surface area contributed by atoms with Crippen molar-refractivity contribution in [3.63, 3.8) is 0 Å². The number of amides is 2. The molecular formula is C19H19NO6. The molecule has 5 rings (SSSR count). The summed E-state index contributed by atoms with van der Waals surface area (Å²) < 4.78 is 22.7. The van der Waals surface area contributed by atoms with Gasteiger partial charge in [0.1, 0.15) is 5.75 Å². The molecule has 2 amide bonds. The highest BCUT2D eigenvalue weighted by molar-refractivity contribution is 6.07. The van der Waals surface area contributed by atoms with Crippen LogP contribution in [-0.2, 0) is 30.3 Å². The van der Waals surface area contributed by atoms with Crippen LogP contribution < -0.4 is 4.74 Å². The molecule has 0 spiro atoms. The van der Waals surface area contributed by atoms with Gasteiger partial charge in [-0.05, 0) is 12.1 Å². The number of para-hydroxylation sites is 1. The number of hydrogen-bond acceptors (Lipinski definition) is 6. The highest BCUT2D eigenvalue weighted by atomic mass is 16.7. The summed E-state index contributed by atoms with van der Waals surface area (Å²) in [4.78, 5) is 27.5. The summed E-state index contributed by atoms with van der Waals surface area (Å²) >= 11 is 0. The maximum Gasteiger partial charge on any atom is 0.237 e. The van der Waals surface area contributed by atoms with Crippen molar-refractivity contribution in [3.8, 4) is 5.75 Å². The molecule has 4 aliphatic rings. The second-order valence-corrected chi connectivity index (χ2v) is 6.95. The summed E-state index contributed by atoms with van der Waals surface area (Å²) in [6, 6.07) is 7.39. The predicted molar refractivity (Wildman–Crippen MR) is 88.0 cm³/mol. The quantitative estimate of drug-likeness (QED) is 0.588. The van der Waals surface area contributed by atoms with Gasteiger partial charge in [-0.15, -0.1) is 0 Å². The Morgan fingerprint density at radius 1 is 1.19 bits per heavy atom. The van der Waals surface area contributed by atoms with Crippen molar-refractivity contribution in [1.29, 1.82) is 0 Å². The van der Waals surface area contributed by atoms with Crippen LogP contribution in [0.2, 0.25) is 0 Å². The average molecular weight is 357 g/mol. The van der Waals surface area contributed by atoms with Gasteiger partial charge in [0.05, 0.1) is 44.8 Å². The van der Waals surface area contributed by atoms with Crippen molar-refractivity contribution in [3.05, 3.63) is 42.0 Å². The lowest BCUT2D eigenvalue weighted by Crippen LogP contribution is -2.49. The minimum Gasteiger partial charge on any atom is -0.496 e. The molecule has 3 fully saturated rings. The second kappa shape index (κ2) is 5.64. The van der Waals surface area contributed by atoms with E-state index < -0.39 is 29.8 Å². The van der Waals surface area contributed by atoms with E-state index in [1.54, 1.807) is 7.11 Å². The lowest BCUT2D eigenvalue weighted by molar-refractivity contribution is -0.183. The van der Waals surface area contributed by atoms with Crippen LogP contribution in [-0.4, -0.2) is 55.0 Å². The van der Waals surface area contributed by atoms with E-state index in [9.17, 15) is 9.59 Å². The molecule has 2 bridgehead atoms. The largest absolute Gasteiger partial charge is 0.496 e. The topological polar surface area (TPSA) is 74.3 Å². The SMILES string of the molecule is COc1ccccc1CN1C(=O)[C@H]2[C@@H](C1=O)[C@@]1(C3OCCO3)C=C[C@H]2O1. The third kappa shape index (κ3) is 1.99. The predicted octanol–water partition coefficient (Wildman–Crippen LogP) is 0.877. The molecule has 3 saturated heterocycles. The number of benzene rings is 1. The monoisotopic (exact) mass is 357 g/mol. The Bertz CT molecular complexity index is 801. The van der Waals surface area contributed by atoms with Gasteiger partial charge >= 0.3 is 0 Å². The van der Waals surface area contributed by atoms with Crippen LogP contribution in [0.5, 0.6) is 5.75 Å². The minimum absolute atomic E-state index is 0.184. The highest BCUT2D eigenvalue weighted by Crippen LogP contribution is 2.54. The highest BCUT2D eigenvalue weighted by Gasteiger charge is 2.71. The Hall–Kier alpha value is -2.22. The van der Waals surface area contributed by atoms with Crippen LogP contribution in [0, 0.1) is 11.8 Å². The average Bonchev–Trinajstić information content (AvgIpc) is 3.42. The Balaban J connectivity index is 1.47. The molecule has 26 heavy (non-hydrogen) atoms. The first-order chi connectivity index (χ1) is 12.7. The maximum absolute atomic E-state index is 13.2. The number of nitrogens with zero attached hydrogens (tertiary/aromatic N) is 1. The molecule has 0 N–H and O–H groups in total. The Morgan fingerprint density at radius 3 is 2.73 bits per heavy atom. The van der Waals surface area contributed by atoms with Crippen LogP contribution in [0.3, 0.4) is 0 Å². The lowest BCUT2D eigenvalue weighted by atomic mass is 9.76. The molecule has 4 atom stereocenters. The van der Waals surface area contributed by atoms with Gasteiger partial charge in [0.2, 0.25) is 11.8 Å². The zero-order valence-electron chi connectivity index (χ0n) is 14.3. The normalized spacial score (nSPS) is 35.6. The van der Waals surface area contributed by atoms with E-state index >= 15 is 0 Å². The van der Waals surface area contributed by atoms with E-state index in [0.717, 1.165) is 5.56 Å². The zero-order chi connectivity index (χ0) is 17.9. The lowest BCUT2D eigenvalue weighted by Gasteiger charge is -2.32. The number of imide groups is 1. The first-order valence-electron chi connectivity index (χ1n) is 8.73. The number of ether oxygens (including phenoxy) is 4. The van der Waals surface area contributed by atoms with Crippen LogP contribution in [0.4, 0.5) is 0 Å². The molecule has 7 heteroatoms. The van der Waals surface area contributed by atoms with Gasteiger partial charge in [-0.2, -0.15) is 0 Å². The van der Waals surface area contributed by atoms with Crippen molar-refractivity contribution in [1.82, 2.24) is 4.90 Å². The van der Waals surface area contributed by atoms with Crippen LogP contribution in [0.15, 0.2) is 36.4 Å². The second-order valence-electron chi connectivity index (χ2n) is 6.95. The smallest absolute Gasteiger partial charge is 0.237 e. The Morgan fingerprint density at radius 2 is 1.96 bits per heavy atom. The molecule has 4 heterocycles. The number of likely N-dealkylation sites (tertiary alicyclic amines) is 1. The first-order valence-corrected chi connectivity index (χ1v) is 8.73. The number of methoxy groups -OCH3 is 1. The van der Waals surface area contributed by atoms with Crippen molar-refractivity contribution in [2.75, 3.05) is 20.3 Å². The molecule has 0 unspecified atom stereocenters. The van der Waals surface area contributed by atoms with E-state index in [1.165, 1.54) is 4.90 Å². The number of rotatable bonds is 4. The van der Waals surface area contributed by atoms with Gasteiger partial charge < -0.3 is 18.9 Å². The molecule has 0 aliphatic carbocycles. The van der Waals surface area contributed by atoms with E-state index in [-0.39, 0.29) is 18.4 Å². The fourth-order valence-corrected chi connectivity index (χ4v) is 4.55. The van der Waals surface area contributed by atoms with Gasteiger partial charge in [0, 0.05) is 5.56 Å². The fraction of sp³-hybridized carbons (Fsp3) is 0.474. The van der Waals surface area contributed by atoms with Crippen LogP contribution >= 0.6 is 0 Å². The number of fused-ring (bicyclic) bond motifs is 5. The summed E-state index contributed by atoms with van der Waals surface area (Å²) in [6.45, 7) is 1.10. The van der Waals surface area contributed by atoms with E-state index in [2.05, 4.69) is 0 Å². The van der Waals surface area contributed by atoms with Crippen molar-refractivity contribution >= 4 is 11.8 Å². The Kier molecular flexibility index (Phi) is 3.47. The Labute approximate surface area is 150 Å². The molecular weight excluding hydrogens is 338 g/mol. The molecule has 1 aromatic rings. The molecule has 0 radical (unpaired) electrons. The van der Waals surface area contributed by atoms with E-state index in [4.69, 9.17) is 18.9 Å². The fourth-order valence-electron chi connectivity index (χ4n) is 4.55. The maximum atomic E-state index is 13.2. The van der Waals surface area contributed by atoms with Crippen LogP contribution in [0.25, 0.3) is 0 Å². The number of carbonyl (C=O) groups is 2. The summed E-state index contributed by atoms with van der Waals surface area (Å²) in [6.07, 6.45) is 2.63. The summed E-state index contributed by atoms with van der Waals surface area (Å²) in [7, 11) is 1.57. The van der Waals surface area contributed by atoms with Gasteiger partial charge in [-0.25, -0.2) is 0 Å². The molecule has 4 aliphatic heterocycles. The summed E-state index contributed by atoms with van der Waals surface area (Å²) in [5.41, 5.74) is -0.214. The molecule has 7 nitrogen and oxygen atoms in total. The van der Waals surface area contributed by atoms with Crippen LogP contribution in [0.1, 0.15) is 5.56 Å². The summed E-state index contributed by atoms with van der Waals surface area (Å²) in [5.74, 6) is -0.922. The third-order valence-electron chi connectivity index (χ3n) is 5.68. The van der Waals surface area contributed by atoms with Crippen molar-refractivity contribution < 1.29 is 28.5 Å². The molecule has 136 valence electrons. The third-order valence-corrected chi connectivity index (χ3v) is 5.68. The van der Waals surface area contributed by atoms with Gasteiger partial charge in [-0.1, -0.05) is 24.3 Å². The van der Waals surface area contributed by atoms with E-state index in [0.29, 0.717) is 19.0 Å². The minimum atomic E-state index is -1.01. The van der Waals surface area contributed by atoms with Gasteiger partial charge in [0.15, 0.2) is 11.9 Å². The first kappa shape index (κ1) is 16.0. The number of hydrogen-bond donors (Lipinski definition) is 0. The van der Waals surface area contributed by atoms with Gasteiger partial charge in [0.25, 0.3) is 0 Å². The standard InChI is InChI=1S/C19H19NO6/c1-23-12-5-3-2-4-11(12)10-20-16(21)14-13-6-7-19(26-13,15(14)17(20)22)18-24-8-9-25-18/h2-7,13-15,18H,8-10H2,1H3/t13-,14-,15+,19-/m1/s1. The molecule has 0 aromatic heterocycles. The zero-order valence-corrected chi connectivity index (χ0v) is 14.3.